The van der Waals surface area contributed by atoms with Crippen molar-refractivity contribution in [2.75, 3.05) is 0 Å². The highest BCUT2D eigenvalue weighted by molar-refractivity contribution is 5.56. The number of pyridine rings is 1. The lowest BCUT2D eigenvalue weighted by Gasteiger charge is -2.14. The van der Waals surface area contributed by atoms with Gasteiger partial charge in [-0.05, 0) is 41.6 Å². The lowest BCUT2D eigenvalue weighted by Crippen LogP contribution is -2.21. The molecule has 0 spiro atoms. The molecule has 0 saturated heterocycles. The lowest BCUT2D eigenvalue weighted by atomic mass is 10.2. The molecule has 4 rings (SSSR count). The minimum absolute atomic E-state index is 0.0920. The molecule has 10 heteroatoms. The van der Waals surface area contributed by atoms with Gasteiger partial charge < -0.3 is 4.74 Å². The van der Waals surface area contributed by atoms with E-state index in [0.717, 1.165) is 5.65 Å². The molecule has 9 nitrogen and oxygen atoms in total. The molecule has 0 saturated carbocycles. The van der Waals surface area contributed by atoms with E-state index in [-0.39, 0.29) is 12.0 Å². The van der Waals surface area contributed by atoms with Crippen molar-refractivity contribution in [2.24, 2.45) is 0 Å². The van der Waals surface area contributed by atoms with Crippen LogP contribution in [-0.4, -0.2) is 45.9 Å². The number of nitrogens with zero attached hydrogens (tertiary/aromatic N) is 8. The Morgan fingerprint density at radius 2 is 2.08 bits per heavy atom. The third-order valence-corrected chi connectivity index (χ3v) is 3.48. The Bertz CT molecular complexity index is 1000. The summed E-state index contributed by atoms with van der Waals surface area (Å²) in [5.41, 5.74) is 1.81. The second-order valence-corrected chi connectivity index (χ2v) is 5.39. The van der Waals surface area contributed by atoms with Gasteiger partial charge in [0.1, 0.15) is 18.1 Å². The van der Waals surface area contributed by atoms with Crippen molar-refractivity contribution in [3.63, 3.8) is 0 Å². The summed E-state index contributed by atoms with van der Waals surface area (Å²) in [6.45, 7) is 2.16. The average Bonchev–Trinajstić information content (AvgIpc) is 3.27. The number of hydrogen-bond donors (Lipinski definition) is 0. The third-order valence-electron chi connectivity index (χ3n) is 3.48. The molecule has 1 unspecified atom stereocenters. The summed E-state index contributed by atoms with van der Waals surface area (Å²) < 4.78 is 22.8. The molecule has 0 aromatic carbocycles. The SMILES string of the molecule is CC(Cn1cnnn1)Oc1nc(-c2ccc3nccn3n2)ccc1F. The van der Waals surface area contributed by atoms with Crippen LogP contribution < -0.4 is 4.74 Å². The number of ether oxygens (including phenoxy) is 1. The Kier molecular flexibility index (Phi) is 3.77. The number of halogens is 1. The second-order valence-electron chi connectivity index (χ2n) is 5.39. The van der Waals surface area contributed by atoms with Crippen LogP contribution in [0, 0.1) is 5.82 Å². The van der Waals surface area contributed by atoms with Crippen LogP contribution >= 0.6 is 0 Å². The molecule has 25 heavy (non-hydrogen) atoms. The van der Waals surface area contributed by atoms with E-state index in [1.54, 1.807) is 36.0 Å². The van der Waals surface area contributed by atoms with E-state index in [2.05, 4.69) is 30.6 Å². The van der Waals surface area contributed by atoms with Crippen LogP contribution in [-0.2, 0) is 6.54 Å². The predicted molar refractivity (Wildman–Crippen MR) is 84.1 cm³/mol. The van der Waals surface area contributed by atoms with Crippen molar-refractivity contribution in [1.29, 1.82) is 0 Å². The van der Waals surface area contributed by atoms with Gasteiger partial charge in [-0.2, -0.15) is 5.10 Å². The van der Waals surface area contributed by atoms with Crippen molar-refractivity contribution in [3.05, 3.63) is 48.8 Å². The van der Waals surface area contributed by atoms with Gasteiger partial charge in [-0.15, -0.1) is 5.10 Å². The van der Waals surface area contributed by atoms with Gasteiger partial charge in [-0.25, -0.2) is 23.6 Å². The van der Waals surface area contributed by atoms with Crippen LogP contribution in [0.4, 0.5) is 4.39 Å². The van der Waals surface area contributed by atoms with Gasteiger partial charge in [0, 0.05) is 12.4 Å². The zero-order valence-electron chi connectivity index (χ0n) is 13.2. The Labute approximate surface area is 141 Å². The van der Waals surface area contributed by atoms with Gasteiger partial charge in [-0.3, -0.25) is 0 Å². The molecule has 4 heterocycles. The topological polar surface area (TPSA) is 95.9 Å². The van der Waals surface area contributed by atoms with Crippen molar-refractivity contribution in [3.8, 4) is 17.3 Å². The predicted octanol–water partition coefficient (Wildman–Crippen LogP) is 1.38. The van der Waals surface area contributed by atoms with Gasteiger partial charge in [0.15, 0.2) is 11.5 Å². The van der Waals surface area contributed by atoms with Crippen molar-refractivity contribution in [1.82, 2.24) is 39.8 Å². The van der Waals surface area contributed by atoms with E-state index in [9.17, 15) is 4.39 Å². The highest BCUT2D eigenvalue weighted by Crippen LogP contribution is 2.22. The Balaban J connectivity index is 1.59. The van der Waals surface area contributed by atoms with Crippen LogP contribution in [0.25, 0.3) is 17.0 Å². The molecule has 1 atom stereocenters. The molecule has 0 aliphatic carbocycles. The molecular formula is C15H13FN8O. The summed E-state index contributed by atoms with van der Waals surface area (Å²) in [7, 11) is 0. The first-order chi connectivity index (χ1) is 12.2. The van der Waals surface area contributed by atoms with Crippen LogP contribution in [0.3, 0.4) is 0 Å². The Morgan fingerprint density at radius 1 is 1.20 bits per heavy atom. The zero-order valence-corrected chi connectivity index (χ0v) is 13.2. The molecule has 0 aliphatic rings. The van der Waals surface area contributed by atoms with Crippen molar-refractivity contribution in [2.45, 2.75) is 19.6 Å². The summed E-state index contributed by atoms with van der Waals surface area (Å²) in [6, 6.07) is 6.45. The summed E-state index contributed by atoms with van der Waals surface area (Å²) in [6.07, 6.45) is 4.47. The monoisotopic (exact) mass is 340 g/mol. The molecule has 0 aliphatic heterocycles. The maximum absolute atomic E-state index is 14.1. The number of rotatable bonds is 5. The van der Waals surface area contributed by atoms with Crippen LogP contribution in [0.1, 0.15) is 6.92 Å². The summed E-state index contributed by atoms with van der Waals surface area (Å²) in [4.78, 5) is 8.39. The normalized spacial score (nSPS) is 12.4. The molecule has 0 fully saturated rings. The zero-order chi connectivity index (χ0) is 17.2. The molecule has 0 amide bonds. The lowest BCUT2D eigenvalue weighted by molar-refractivity contribution is 0.177. The summed E-state index contributed by atoms with van der Waals surface area (Å²) in [5.74, 6) is -0.637. The van der Waals surface area contributed by atoms with Crippen LogP contribution in [0.5, 0.6) is 5.88 Å². The maximum Gasteiger partial charge on any atom is 0.251 e. The quantitative estimate of drug-likeness (QED) is 0.541. The van der Waals surface area contributed by atoms with Gasteiger partial charge in [0.25, 0.3) is 5.88 Å². The molecule has 0 radical (unpaired) electrons. The van der Waals surface area contributed by atoms with Crippen LogP contribution in [0.2, 0.25) is 0 Å². The third kappa shape index (κ3) is 3.13. The van der Waals surface area contributed by atoms with Crippen molar-refractivity contribution < 1.29 is 9.13 Å². The minimum Gasteiger partial charge on any atom is -0.471 e. The largest absolute Gasteiger partial charge is 0.471 e. The smallest absolute Gasteiger partial charge is 0.251 e. The Hall–Kier alpha value is -3.43. The van der Waals surface area contributed by atoms with Crippen LogP contribution in [0.15, 0.2) is 43.0 Å². The molecular weight excluding hydrogens is 327 g/mol. The number of tetrazole rings is 1. The fraction of sp³-hybridized carbons (Fsp3) is 0.200. The Morgan fingerprint density at radius 3 is 2.92 bits per heavy atom. The fourth-order valence-corrected chi connectivity index (χ4v) is 2.36. The van der Waals surface area contributed by atoms with E-state index in [4.69, 9.17) is 4.74 Å². The van der Waals surface area contributed by atoms with E-state index in [1.165, 1.54) is 17.1 Å². The molecule has 4 aromatic heterocycles. The minimum atomic E-state index is -0.545. The first kappa shape index (κ1) is 15.1. The standard InChI is InChI=1S/C15H13FN8O/c1-10(8-23-9-18-21-22-23)25-15-11(16)2-3-12(19-15)13-4-5-14-17-6-7-24(14)20-13/h2-7,9-10H,8H2,1H3. The first-order valence-corrected chi connectivity index (χ1v) is 7.54. The summed E-state index contributed by atoms with van der Waals surface area (Å²) >= 11 is 0. The maximum atomic E-state index is 14.1. The number of fused-ring (bicyclic) bond motifs is 1. The number of imidazole rings is 1. The molecule has 0 N–H and O–H groups in total. The molecule has 4 aromatic rings. The van der Waals surface area contributed by atoms with E-state index >= 15 is 0 Å². The van der Waals surface area contributed by atoms with Gasteiger partial charge in [0.2, 0.25) is 0 Å². The van der Waals surface area contributed by atoms with E-state index in [0.29, 0.717) is 17.9 Å². The highest BCUT2D eigenvalue weighted by Gasteiger charge is 2.14. The number of aromatic nitrogens is 8. The highest BCUT2D eigenvalue weighted by atomic mass is 19.1. The second kappa shape index (κ2) is 6.23. The van der Waals surface area contributed by atoms with Gasteiger partial charge in [-0.1, -0.05) is 0 Å². The van der Waals surface area contributed by atoms with Crippen molar-refractivity contribution >= 4 is 5.65 Å². The number of hydrogen-bond acceptors (Lipinski definition) is 7. The van der Waals surface area contributed by atoms with Gasteiger partial charge in [0.05, 0.1) is 12.2 Å². The van der Waals surface area contributed by atoms with E-state index < -0.39 is 5.82 Å². The first-order valence-electron chi connectivity index (χ1n) is 7.54. The fourth-order valence-electron chi connectivity index (χ4n) is 2.36. The van der Waals surface area contributed by atoms with E-state index in [1.807, 2.05) is 6.07 Å². The van der Waals surface area contributed by atoms with Gasteiger partial charge >= 0.3 is 0 Å². The average molecular weight is 340 g/mol. The molecule has 126 valence electrons. The molecule has 0 bridgehead atoms. The summed E-state index contributed by atoms with van der Waals surface area (Å²) in [5, 5.41) is 15.2.